The number of aryl methyl sites for hydroxylation is 1. The summed E-state index contributed by atoms with van der Waals surface area (Å²) >= 11 is 0. The van der Waals surface area contributed by atoms with Crippen LogP contribution in [0.4, 0.5) is 0 Å². The second-order valence-electron chi connectivity index (χ2n) is 3.65. The lowest BCUT2D eigenvalue weighted by molar-refractivity contribution is 0.0928. The molecular weight excluding hydrogens is 194 g/mol. The maximum atomic E-state index is 11.5. The average Bonchev–Trinajstić information content (AvgIpc) is 2.60. The smallest absolute Gasteiger partial charge is 0.274 e. The van der Waals surface area contributed by atoms with Crippen molar-refractivity contribution in [3.63, 3.8) is 0 Å². The minimum absolute atomic E-state index is 0.0620. The largest absolute Gasteiger partial charge is 0.361 e. The lowest BCUT2D eigenvalue weighted by Gasteiger charge is -2.13. The highest BCUT2D eigenvalue weighted by atomic mass is 16.5. The molecule has 1 amide bonds. The molecule has 0 bridgehead atoms. The lowest BCUT2D eigenvalue weighted by atomic mass is 10.1. The van der Waals surface area contributed by atoms with Gasteiger partial charge < -0.3 is 9.84 Å². The summed E-state index contributed by atoms with van der Waals surface area (Å²) in [4.78, 5) is 11.5. The van der Waals surface area contributed by atoms with Crippen LogP contribution in [-0.4, -0.2) is 17.1 Å². The van der Waals surface area contributed by atoms with Crippen molar-refractivity contribution in [2.45, 2.75) is 26.8 Å². The Hall–Kier alpha value is -1.83. The molecule has 1 unspecified atom stereocenters. The molecule has 0 radical (unpaired) electrons. The van der Waals surface area contributed by atoms with Crippen LogP contribution in [0.15, 0.2) is 10.6 Å². The molecule has 0 spiro atoms. The number of rotatable bonds is 3. The number of hydrogen-bond acceptors (Lipinski definition) is 4. The van der Waals surface area contributed by atoms with E-state index in [1.54, 1.807) is 6.92 Å². The van der Waals surface area contributed by atoms with Gasteiger partial charge in [0.15, 0.2) is 5.69 Å². The molecule has 0 aliphatic heterocycles. The molecule has 0 saturated heterocycles. The van der Waals surface area contributed by atoms with Gasteiger partial charge in [-0.2, -0.15) is 5.26 Å². The number of hydrogen-bond donors (Lipinski definition) is 1. The third kappa shape index (κ3) is 2.81. The molecule has 1 N–H and O–H groups in total. The Morgan fingerprint density at radius 3 is 2.73 bits per heavy atom. The van der Waals surface area contributed by atoms with E-state index in [0.717, 1.165) is 0 Å². The van der Waals surface area contributed by atoms with E-state index in [2.05, 4.69) is 10.5 Å². The molecule has 0 saturated carbocycles. The monoisotopic (exact) mass is 207 g/mol. The quantitative estimate of drug-likeness (QED) is 0.809. The molecule has 15 heavy (non-hydrogen) atoms. The van der Waals surface area contributed by atoms with Crippen molar-refractivity contribution in [3.8, 4) is 6.07 Å². The van der Waals surface area contributed by atoms with Crippen LogP contribution in [0.25, 0.3) is 0 Å². The van der Waals surface area contributed by atoms with Crippen LogP contribution in [0.2, 0.25) is 0 Å². The third-order valence-corrected chi connectivity index (χ3v) is 1.95. The Morgan fingerprint density at radius 2 is 2.33 bits per heavy atom. The Balaban J connectivity index is 2.68. The summed E-state index contributed by atoms with van der Waals surface area (Å²) in [6, 6.07) is 3.05. The van der Waals surface area contributed by atoms with Gasteiger partial charge in [-0.15, -0.1) is 0 Å². The first-order valence-corrected chi connectivity index (χ1v) is 4.68. The normalized spacial score (nSPS) is 12.2. The Labute approximate surface area is 88.1 Å². The summed E-state index contributed by atoms with van der Waals surface area (Å²) in [7, 11) is 0. The highest BCUT2D eigenvalue weighted by Crippen LogP contribution is 2.04. The maximum Gasteiger partial charge on any atom is 0.274 e. The van der Waals surface area contributed by atoms with Crippen molar-refractivity contribution in [2.24, 2.45) is 5.92 Å². The SMILES string of the molecule is Cc1cc(C(=O)NC(C#N)C(C)C)no1. The molecule has 1 aromatic heterocycles. The Morgan fingerprint density at radius 1 is 1.67 bits per heavy atom. The lowest BCUT2D eigenvalue weighted by Crippen LogP contribution is -2.37. The zero-order valence-corrected chi connectivity index (χ0v) is 8.94. The van der Waals surface area contributed by atoms with Crippen LogP contribution < -0.4 is 5.32 Å². The first-order valence-electron chi connectivity index (χ1n) is 4.68. The van der Waals surface area contributed by atoms with Gasteiger partial charge in [-0.05, 0) is 12.8 Å². The summed E-state index contributed by atoms with van der Waals surface area (Å²) in [5, 5.41) is 14.9. The number of amides is 1. The molecule has 1 atom stereocenters. The summed E-state index contributed by atoms with van der Waals surface area (Å²) in [5.41, 5.74) is 0.202. The Kier molecular flexibility index (Phi) is 3.45. The number of nitrogens with one attached hydrogen (secondary N) is 1. The van der Waals surface area contributed by atoms with E-state index in [1.807, 2.05) is 19.9 Å². The molecule has 1 rings (SSSR count). The minimum atomic E-state index is -0.505. The van der Waals surface area contributed by atoms with E-state index in [9.17, 15) is 4.79 Å². The summed E-state index contributed by atoms with van der Waals surface area (Å²) < 4.78 is 4.77. The predicted molar refractivity (Wildman–Crippen MR) is 52.9 cm³/mol. The summed E-state index contributed by atoms with van der Waals surface area (Å²) in [6.07, 6.45) is 0. The van der Waals surface area contributed by atoms with Gasteiger partial charge in [0.05, 0.1) is 6.07 Å². The number of nitriles is 1. The molecule has 5 nitrogen and oxygen atoms in total. The van der Waals surface area contributed by atoms with Gasteiger partial charge in [-0.1, -0.05) is 19.0 Å². The first kappa shape index (κ1) is 11.2. The molecule has 80 valence electrons. The van der Waals surface area contributed by atoms with Crippen molar-refractivity contribution in [2.75, 3.05) is 0 Å². The van der Waals surface area contributed by atoms with Crippen molar-refractivity contribution in [1.29, 1.82) is 5.26 Å². The van der Waals surface area contributed by atoms with Crippen LogP contribution in [0.5, 0.6) is 0 Å². The van der Waals surface area contributed by atoms with Crippen LogP contribution in [0.1, 0.15) is 30.1 Å². The standard InChI is InChI=1S/C10H13N3O2/c1-6(2)9(5-11)12-10(14)8-4-7(3)15-13-8/h4,6,9H,1-3H3,(H,12,14). The zero-order valence-electron chi connectivity index (χ0n) is 8.94. The summed E-state index contributed by atoms with van der Waals surface area (Å²) in [6.45, 7) is 5.43. The zero-order chi connectivity index (χ0) is 11.4. The van der Waals surface area contributed by atoms with Crippen molar-refractivity contribution in [1.82, 2.24) is 10.5 Å². The molecule has 1 aromatic rings. The molecule has 0 fully saturated rings. The topological polar surface area (TPSA) is 78.9 Å². The van der Waals surface area contributed by atoms with E-state index in [-0.39, 0.29) is 17.5 Å². The van der Waals surface area contributed by atoms with E-state index < -0.39 is 6.04 Å². The van der Waals surface area contributed by atoms with Crippen molar-refractivity contribution < 1.29 is 9.32 Å². The highest BCUT2D eigenvalue weighted by molar-refractivity contribution is 5.92. The van der Waals surface area contributed by atoms with Crippen molar-refractivity contribution in [3.05, 3.63) is 17.5 Å². The van der Waals surface area contributed by atoms with Crippen LogP contribution in [0.3, 0.4) is 0 Å². The fraction of sp³-hybridized carbons (Fsp3) is 0.500. The molecule has 1 heterocycles. The molecular formula is C10H13N3O2. The third-order valence-electron chi connectivity index (χ3n) is 1.95. The van der Waals surface area contributed by atoms with E-state index >= 15 is 0 Å². The fourth-order valence-corrected chi connectivity index (χ4v) is 1.04. The number of aromatic nitrogens is 1. The molecule has 0 aliphatic carbocycles. The van der Waals surface area contributed by atoms with Crippen LogP contribution in [0, 0.1) is 24.2 Å². The minimum Gasteiger partial charge on any atom is -0.361 e. The van der Waals surface area contributed by atoms with Gasteiger partial charge in [0.1, 0.15) is 11.8 Å². The summed E-state index contributed by atoms with van der Waals surface area (Å²) in [5.74, 6) is 0.247. The average molecular weight is 207 g/mol. The van der Waals surface area contributed by atoms with Gasteiger partial charge in [-0.25, -0.2) is 0 Å². The van der Waals surface area contributed by atoms with E-state index in [0.29, 0.717) is 5.76 Å². The van der Waals surface area contributed by atoms with E-state index in [4.69, 9.17) is 9.78 Å². The van der Waals surface area contributed by atoms with Crippen molar-refractivity contribution >= 4 is 5.91 Å². The maximum absolute atomic E-state index is 11.5. The highest BCUT2D eigenvalue weighted by Gasteiger charge is 2.18. The number of carbonyl (C=O) groups excluding carboxylic acids is 1. The second-order valence-corrected chi connectivity index (χ2v) is 3.65. The van der Waals surface area contributed by atoms with Gasteiger partial charge in [-0.3, -0.25) is 4.79 Å². The molecule has 0 aliphatic rings. The fourth-order valence-electron chi connectivity index (χ4n) is 1.04. The molecule has 5 heteroatoms. The first-order chi connectivity index (χ1) is 7.04. The van der Waals surface area contributed by atoms with Crippen LogP contribution in [-0.2, 0) is 0 Å². The Bertz CT molecular complexity index is 390. The van der Waals surface area contributed by atoms with Gasteiger partial charge in [0.2, 0.25) is 0 Å². The van der Waals surface area contributed by atoms with E-state index in [1.165, 1.54) is 6.07 Å². The molecule has 0 aromatic carbocycles. The van der Waals surface area contributed by atoms with Gasteiger partial charge >= 0.3 is 0 Å². The number of carbonyl (C=O) groups is 1. The van der Waals surface area contributed by atoms with Gasteiger partial charge in [0, 0.05) is 6.07 Å². The predicted octanol–water partition coefficient (Wildman–Crippen LogP) is 1.26. The number of nitrogens with zero attached hydrogens (tertiary/aromatic N) is 2. The second kappa shape index (κ2) is 4.60. The van der Waals surface area contributed by atoms with Crippen LogP contribution >= 0.6 is 0 Å². The van der Waals surface area contributed by atoms with Gasteiger partial charge in [0.25, 0.3) is 5.91 Å².